The molecule has 28 heavy (non-hydrogen) atoms. The number of hydrogen-bond acceptors (Lipinski definition) is 5. The van der Waals surface area contributed by atoms with E-state index in [0.717, 1.165) is 5.56 Å². The lowest BCUT2D eigenvalue weighted by atomic mass is 10.2. The summed E-state index contributed by atoms with van der Waals surface area (Å²) < 4.78 is 28.5. The second-order valence-corrected chi connectivity index (χ2v) is 5.62. The van der Waals surface area contributed by atoms with Crippen molar-refractivity contribution in [3.8, 4) is 17.2 Å². The lowest BCUT2D eigenvalue weighted by Gasteiger charge is -2.14. The average Bonchev–Trinajstić information content (AvgIpc) is 2.71. The fraction of sp³-hybridized carbons (Fsp3) is 0.263. The Bertz CT molecular complexity index is 802. The lowest BCUT2D eigenvalue weighted by molar-refractivity contribution is -0.115. The summed E-state index contributed by atoms with van der Waals surface area (Å²) in [6.07, 6.45) is 0. The van der Waals surface area contributed by atoms with Crippen LogP contribution in [0.25, 0.3) is 0 Å². The molecule has 0 aliphatic rings. The maximum atomic E-state index is 12.8. The zero-order valence-corrected chi connectivity index (χ0v) is 15.8. The van der Waals surface area contributed by atoms with E-state index in [2.05, 4.69) is 16.0 Å². The highest BCUT2D eigenvalue weighted by atomic mass is 19.1. The Hall–Kier alpha value is -3.49. The maximum absolute atomic E-state index is 12.8. The molecular formula is C19H22FN3O5. The Labute approximate surface area is 162 Å². The van der Waals surface area contributed by atoms with Crippen molar-refractivity contribution < 1.29 is 28.2 Å². The van der Waals surface area contributed by atoms with Gasteiger partial charge in [-0.1, -0.05) is 12.1 Å². The maximum Gasteiger partial charge on any atom is 0.315 e. The van der Waals surface area contributed by atoms with Crippen LogP contribution in [0.4, 0.5) is 14.9 Å². The second-order valence-electron chi connectivity index (χ2n) is 5.62. The smallest absolute Gasteiger partial charge is 0.315 e. The summed E-state index contributed by atoms with van der Waals surface area (Å²) in [6, 6.07) is 8.37. The van der Waals surface area contributed by atoms with Gasteiger partial charge in [-0.2, -0.15) is 0 Å². The molecule has 8 nitrogen and oxygen atoms in total. The fourth-order valence-corrected chi connectivity index (χ4v) is 2.37. The number of anilines is 1. The number of hydrogen-bond donors (Lipinski definition) is 3. The van der Waals surface area contributed by atoms with Crippen molar-refractivity contribution in [1.29, 1.82) is 0 Å². The number of nitrogens with one attached hydrogen (secondary N) is 3. The van der Waals surface area contributed by atoms with Crippen LogP contribution in [-0.2, 0) is 11.3 Å². The quantitative estimate of drug-likeness (QED) is 0.641. The number of carbonyl (C=O) groups excluding carboxylic acids is 2. The minimum atomic E-state index is -0.524. The molecule has 0 atom stereocenters. The SMILES string of the molecule is COc1cc(NC(=O)CNC(=O)NCc2ccc(F)cc2)cc(OC)c1OC. The predicted octanol–water partition coefficient (Wildman–Crippen LogP) is 2.29. The lowest BCUT2D eigenvalue weighted by Crippen LogP contribution is -2.39. The number of methoxy groups -OCH3 is 3. The molecule has 0 saturated carbocycles. The van der Waals surface area contributed by atoms with Crippen molar-refractivity contribution in [2.45, 2.75) is 6.54 Å². The van der Waals surface area contributed by atoms with Gasteiger partial charge in [0, 0.05) is 24.4 Å². The van der Waals surface area contributed by atoms with Gasteiger partial charge in [-0.05, 0) is 17.7 Å². The summed E-state index contributed by atoms with van der Waals surface area (Å²) in [5.41, 5.74) is 1.16. The van der Waals surface area contributed by atoms with E-state index >= 15 is 0 Å². The van der Waals surface area contributed by atoms with Crippen molar-refractivity contribution in [2.75, 3.05) is 33.2 Å². The Balaban J connectivity index is 1.86. The molecule has 2 aromatic carbocycles. The topological polar surface area (TPSA) is 97.9 Å². The Morgan fingerprint density at radius 2 is 1.54 bits per heavy atom. The normalized spacial score (nSPS) is 10.0. The summed E-state index contributed by atoms with van der Waals surface area (Å²) in [5, 5.41) is 7.66. The number of carbonyl (C=O) groups is 2. The van der Waals surface area contributed by atoms with Crippen molar-refractivity contribution in [3.63, 3.8) is 0 Å². The van der Waals surface area contributed by atoms with E-state index in [-0.39, 0.29) is 18.9 Å². The number of halogens is 1. The summed E-state index contributed by atoms with van der Waals surface area (Å²) >= 11 is 0. The fourth-order valence-electron chi connectivity index (χ4n) is 2.37. The first kappa shape index (κ1) is 20.8. The third kappa shape index (κ3) is 5.76. The molecule has 0 heterocycles. The molecule has 0 fully saturated rings. The molecule has 0 unspecified atom stereocenters. The molecule has 9 heteroatoms. The summed E-state index contributed by atoms with van der Waals surface area (Å²) in [7, 11) is 4.42. The number of rotatable bonds is 8. The summed E-state index contributed by atoms with van der Waals surface area (Å²) in [4.78, 5) is 23.9. The molecule has 0 spiro atoms. The molecule has 0 radical (unpaired) electrons. The van der Waals surface area contributed by atoms with Gasteiger partial charge in [0.15, 0.2) is 11.5 Å². The van der Waals surface area contributed by atoms with E-state index in [0.29, 0.717) is 22.9 Å². The summed E-state index contributed by atoms with van der Waals surface area (Å²) in [5.74, 6) is 0.397. The molecule has 150 valence electrons. The van der Waals surface area contributed by atoms with Crippen molar-refractivity contribution in [2.24, 2.45) is 0 Å². The molecule has 0 aliphatic heterocycles. The monoisotopic (exact) mass is 391 g/mol. The minimum absolute atomic E-state index is 0.209. The second kappa shape index (κ2) is 10.0. The van der Waals surface area contributed by atoms with Gasteiger partial charge in [-0.3, -0.25) is 4.79 Å². The Kier molecular flexibility index (Phi) is 7.44. The first-order valence-electron chi connectivity index (χ1n) is 8.32. The van der Waals surface area contributed by atoms with Crippen molar-refractivity contribution >= 4 is 17.6 Å². The first-order chi connectivity index (χ1) is 13.5. The Morgan fingerprint density at radius 3 is 2.07 bits per heavy atom. The van der Waals surface area contributed by atoms with Gasteiger partial charge in [0.25, 0.3) is 0 Å². The molecule has 0 saturated heterocycles. The zero-order valence-electron chi connectivity index (χ0n) is 15.8. The molecule has 3 N–H and O–H groups in total. The van der Waals surface area contributed by atoms with Crippen LogP contribution < -0.4 is 30.2 Å². The van der Waals surface area contributed by atoms with Crippen LogP contribution >= 0.6 is 0 Å². The van der Waals surface area contributed by atoms with E-state index in [4.69, 9.17) is 14.2 Å². The van der Waals surface area contributed by atoms with Crippen LogP contribution in [0, 0.1) is 5.82 Å². The largest absolute Gasteiger partial charge is 0.493 e. The molecular weight excluding hydrogens is 369 g/mol. The summed E-state index contributed by atoms with van der Waals surface area (Å²) in [6.45, 7) is -0.0352. The third-order valence-electron chi connectivity index (χ3n) is 3.72. The van der Waals surface area contributed by atoms with Gasteiger partial charge in [0.1, 0.15) is 5.82 Å². The number of ether oxygens (including phenoxy) is 3. The van der Waals surface area contributed by atoms with Crippen LogP contribution in [0.3, 0.4) is 0 Å². The van der Waals surface area contributed by atoms with Crippen LogP contribution in [0.2, 0.25) is 0 Å². The number of urea groups is 1. The van der Waals surface area contributed by atoms with E-state index < -0.39 is 11.9 Å². The molecule has 0 bridgehead atoms. The van der Waals surface area contributed by atoms with Gasteiger partial charge in [-0.15, -0.1) is 0 Å². The standard InChI is InChI=1S/C19H22FN3O5/c1-26-15-8-14(9-16(27-2)18(15)28-3)23-17(24)11-22-19(25)21-10-12-4-6-13(20)7-5-12/h4-9H,10-11H2,1-3H3,(H,23,24)(H2,21,22,25). The average molecular weight is 391 g/mol. The molecule has 3 amide bonds. The van der Waals surface area contributed by atoms with Gasteiger partial charge >= 0.3 is 6.03 Å². The van der Waals surface area contributed by atoms with Crippen LogP contribution in [0.5, 0.6) is 17.2 Å². The van der Waals surface area contributed by atoms with E-state index in [1.807, 2.05) is 0 Å². The molecule has 2 rings (SSSR count). The highest BCUT2D eigenvalue weighted by molar-refractivity contribution is 5.94. The molecule has 0 aromatic heterocycles. The minimum Gasteiger partial charge on any atom is -0.493 e. The predicted molar refractivity (Wildman–Crippen MR) is 101 cm³/mol. The van der Waals surface area contributed by atoms with Crippen molar-refractivity contribution in [3.05, 3.63) is 47.8 Å². The highest BCUT2D eigenvalue weighted by Crippen LogP contribution is 2.39. The van der Waals surface area contributed by atoms with Gasteiger partial charge in [-0.25, -0.2) is 9.18 Å². The van der Waals surface area contributed by atoms with E-state index in [9.17, 15) is 14.0 Å². The Morgan fingerprint density at radius 1 is 0.929 bits per heavy atom. The van der Waals surface area contributed by atoms with Crippen molar-refractivity contribution in [1.82, 2.24) is 10.6 Å². The van der Waals surface area contributed by atoms with Crippen LogP contribution in [-0.4, -0.2) is 39.8 Å². The van der Waals surface area contributed by atoms with E-state index in [1.54, 1.807) is 24.3 Å². The van der Waals surface area contributed by atoms with Gasteiger partial charge in [0.05, 0.1) is 27.9 Å². The van der Waals surface area contributed by atoms with Gasteiger partial charge in [0.2, 0.25) is 11.7 Å². The number of benzene rings is 2. The highest BCUT2D eigenvalue weighted by Gasteiger charge is 2.14. The van der Waals surface area contributed by atoms with Crippen LogP contribution in [0.1, 0.15) is 5.56 Å². The zero-order chi connectivity index (χ0) is 20.5. The third-order valence-corrected chi connectivity index (χ3v) is 3.72. The van der Waals surface area contributed by atoms with Crippen LogP contribution in [0.15, 0.2) is 36.4 Å². The number of amides is 3. The molecule has 2 aromatic rings. The van der Waals surface area contributed by atoms with E-state index in [1.165, 1.54) is 33.5 Å². The first-order valence-corrected chi connectivity index (χ1v) is 8.32. The molecule has 0 aliphatic carbocycles. The van der Waals surface area contributed by atoms with Gasteiger partial charge < -0.3 is 30.2 Å².